The molecule has 18 heavy (non-hydrogen) atoms. The van der Waals surface area contributed by atoms with Gasteiger partial charge in [0.1, 0.15) is 0 Å². The van der Waals surface area contributed by atoms with E-state index >= 15 is 0 Å². The maximum atomic E-state index is 3.57. The Morgan fingerprint density at radius 3 is 2.89 bits per heavy atom. The summed E-state index contributed by atoms with van der Waals surface area (Å²) < 4.78 is 0. The van der Waals surface area contributed by atoms with E-state index in [2.05, 4.69) is 59.6 Å². The Balaban J connectivity index is 1.98. The monoisotopic (exact) mass is 240 g/mol. The molecule has 1 unspecified atom stereocenters. The van der Waals surface area contributed by atoms with Gasteiger partial charge in [0.25, 0.3) is 0 Å². The number of nitrogens with one attached hydrogen (secondary N) is 1. The van der Waals surface area contributed by atoms with Crippen LogP contribution in [-0.4, -0.2) is 25.7 Å². The molecule has 0 amide bonds. The highest BCUT2D eigenvalue weighted by Gasteiger charge is 2.19. The molecule has 0 spiro atoms. The summed E-state index contributed by atoms with van der Waals surface area (Å²) in [7, 11) is 0. The highest BCUT2D eigenvalue weighted by Crippen LogP contribution is 2.27. The third kappa shape index (κ3) is 2.08. The van der Waals surface area contributed by atoms with Crippen LogP contribution in [0.1, 0.15) is 13.3 Å². The lowest BCUT2D eigenvalue weighted by Crippen LogP contribution is -2.50. The summed E-state index contributed by atoms with van der Waals surface area (Å²) in [5.74, 6) is 0. The molecule has 1 N–H and O–H groups in total. The van der Waals surface area contributed by atoms with Gasteiger partial charge < -0.3 is 10.2 Å². The maximum absolute atomic E-state index is 3.57. The van der Waals surface area contributed by atoms with Gasteiger partial charge >= 0.3 is 0 Å². The van der Waals surface area contributed by atoms with E-state index in [9.17, 15) is 0 Å². The van der Waals surface area contributed by atoms with Gasteiger partial charge in [-0.15, -0.1) is 0 Å². The summed E-state index contributed by atoms with van der Waals surface area (Å²) in [5, 5.41) is 6.28. The normalized spacial score (nSPS) is 20.3. The first-order valence-corrected chi connectivity index (χ1v) is 6.84. The van der Waals surface area contributed by atoms with Crippen molar-refractivity contribution in [3.63, 3.8) is 0 Å². The summed E-state index contributed by atoms with van der Waals surface area (Å²) in [4.78, 5) is 2.52. The van der Waals surface area contributed by atoms with Gasteiger partial charge in [-0.2, -0.15) is 0 Å². The van der Waals surface area contributed by atoms with E-state index < -0.39 is 0 Å². The van der Waals surface area contributed by atoms with Crippen molar-refractivity contribution >= 4 is 16.5 Å². The minimum absolute atomic E-state index is 0.623. The number of rotatable bonds is 2. The average molecular weight is 240 g/mol. The van der Waals surface area contributed by atoms with Crippen molar-refractivity contribution < 1.29 is 0 Å². The molecule has 2 aromatic carbocycles. The van der Waals surface area contributed by atoms with Crippen molar-refractivity contribution in [2.45, 2.75) is 19.4 Å². The van der Waals surface area contributed by atoms with Crippen molar-refractivity contribution in [2.24, 2.45) is 0 Å². The SMILES string of the molecule is CCC1CN(c2cccc3ccccc23)CCN1. The number of nitrogens with zero attached hydrogens (tertiary/aromatic N) is 1. The van der Waals surface area contributed by atoms with E-state index in [0.29, 0.717) is 6.04 Å². The largest absolute Gasteiger partial charge is 0.368 e. The van der Waals surface area contributed by atoms with Crippen LogP contribution in [0.2, 0.25) is 0 Å². The zero-order chi connectivity index (χ0) is 12.4. The predicted octanol–water partition coefficient (Wildman–Crippen LogP) is 3.03. The Morgan fingerprint density at radius 1 is 1.17 bits per heavy atom. The molecule has 1 heterocycles. The first kappa shape index (κ1) is 11.5. The standard InChI is InChI=1S/C16H20N2/c1-2-14-12-18(11-10-17-14)16-9-5-7-13-6-3-4-8-15(13)16/h3-9,14,17H,2,10-12H2,1H3. The molecule has 2 heteroatoms. The highest BCUT2D eigenvalue weighted by molar-refractivity contribution is 5.94. The molecule has 1 atom stereocenters. The second kappa shape index (κ2) is 4.99. The van der Waals surface area contributed by atoms with Crippen LogP contribution in [0.4, 0.5) is 5.69 Å². The molecule has 0 saturated carbocycles. The lowest BCUT2D eigenvalue weighted by molar-refractivity contribution is 0.447. The molecule has 3 rings (SSSR count). The van der Waals surface area contributed by atoms with Gasteiger partial charge in [-0.05, 0) is 17.9 Å². The lowest BCUT2D eigenvalue weighted by Gasteiger charge is -2.35. The van der Waals surface area contributed by atoms with Crippen molar-refractivity contribution in [2.75, 3.05) is 24.5 Å². The van der Waals surface area contributed by atoms with Crippen molar-refractivity contribution in [3.05, 3.63) is 42.5 Å². The van der Waals surface area contributed by atoms with Crippen LogP contribution < -0.4 is 10.2 Å². The van der Waals surface area contributed by atoms with Gasteiger partial charge in [0, 0.05) is 36.7 Å². The summed E-state index contributed by atoms with van der Waals surface area (Å²) in [6, 6.07) is 15.9. The van der Waals surface area contributed by atoms with Crippen molar-refractivity contribution in [1.82, 2.24) is 5.32 Å². The topological polar surface area (TPSA) is 15.3 Å². The Labute approximate surface area is 109 Å². The van der Waals surface area contributed by atoms with E-state index in [1.807, 2.05) is 0 Å². The van der Waals surface area contributed by atoms with E-state index in [1.54, 1.807) is 0 Å². The van der Waals surface area contributed by atoms with Crippen LogP contribution >= 0.6 is 0 Å². The molecular formula is C16H20N2. The second-order valence-corrected chi connectivity index (χ2v) is 5.00. The van der Waals surface area contributed by atoms with Crippen LogP contribution in [0.15, 0.2) is 42.5 Å². The summed E-state index contributed by atoms with van der Waals surface area (Å²) in [6.45, 7) is 5.56. The molecule has 94 valence electrons. The van der Waals surface area contributed by atoms with Crippen molar-refractivity contribution in [3.8, 4) is 0 Å². The van der Waals surface area contributed by atoms with Gasteiger partial charge in [0.05, 0.1) is 0 Å². The molecule has 1 aliphatic heterocycles. The molecule has 1 fully saturated rings. The molecule has 1 aliphatic rings. The first-order chi connectivity index (χ1) is 8.88. The Kier molecular flexibility index (Phi) is 3.20. The summed E-state index contributed by atoms with van der Waals surface area (Å²) >= 11 is 0. The first-order valence-electron chi connectivity index (χ1n) is 6.84. The van der Waals surface area contributed by atoms with Crippen molar-refractivity contribution in [1.29, 1.82) is 0 Å². The van der Waals surface area contributed by atoms with Crippen LogP contribution in [-0.2, 0) is 0 Å². The summed E-state index contributed by atoms with van der Waals surface area (Å²) in [5.41, 5.74) is 1.38. The molecule has 2 aromatic rings. The molecule has 0 bridgehead atoms. The molecule has 1 saturated heterocycles. The maximum Gasteiger partial charge on any atom is 0.0446 e. The summed E-state index contributed by atoms with van der Waals surface area (Å²) in [6.07, 6.45) is 1.20. The fourth-order valence-electron chi connectivity index (χ4n) is 2.80. The number of fused-ring (bicyclic) bond motifs is 1. The quantitative estimate of drug-likeness (QED) is 0.868. The zero-order valence-electron chi connectivity index (χ0n) is 10.9. The van der Waals surface area contributed by atoms with Gasteiger partial charge in [0.15, 0.2) is 0 Å². The predicted molar refractivity (Wildman–Crippen MR) is 78.2 cm³/mol. The fourth-order valence-corrected chi connectivity index (χ4v) is 2.80. The fraction of sp³-hybridized carbons (Fsp3) is 0.375. The van der Waals surface area contributed by atoms with Gasteiger partial charge in [-0.1, -0.05) is 43.3 Å². The van der Waals surface area contributed by atoms with E-state index in [-0.39, 0.29) is 0 Å². The Hall–Kier alpha value is -1.54. The zero-order valence-corrected chi connectivity index (χ0v) is 10.9. The minimum Gasteiger partial charge on any atom is -0.368 e. The third-order valence-corrected chi connectivity index (χ3v) is 3.86. The number of piperazine rings is 1. The molecular weight excluding hydrogens is 220 g/mol. The second-order valence-electron chi connectivity index (χ2n) is 5.00. The molecule has 2 nitrogen and oxygen atoms in total. The number of benzene rings is 2. The average Bonchev–Trinajstić information content (AvgIpc) is 2.47. The van der Waals surface area contributed by atoms with Gasteiger partial charge in [-0.25, -0.2) is 0 Å². The number of anilines is 1. The van der Waals surface area contributed by atoms with Crippen LogP contribution in [0.3, 0.4) is 0 Å². The number of hydrogen-bond donors (Lipinski definition) is 1. The Morgan fingerprint density at radius 2 is 2.00 bits per heavy atom. The minimum atomic E-state index is 0.623. The number of hydrogen-bond acceptors (Lipinski definition) is 2. The van der Waals surface area contributed by atoms with E-state index in [1.165, 1.54) is 22.9 Å². The third-order valence-electron chi connectivity index (χ3n) is 3.86. The van der Waals surface area contributed by atoms with Crippen LogP contribution in [0.5, 0.6) is 0 Å². The smallest absolute Gasteiger partial charge is 0.0446 e. The van der Waals surface area contributed by atoms with Crippen LogP contribution in [0, 0.1) is 0 Å². The molecule has 0 aromatic heterocycles. The molecule has 0 radical (unpaired) electrons. The van der Waals surface area contributed by atoms with E-state index in [0.717, 1.165) is 19.6 Å². The van der Waals surface area contributed by atoms with Crippen LogP contribution in [0.25, 0.3) is 10.8 Å². The lowest BCUT2D eigenvalue weighted by atomic mass is 10.1. The van der Waals surface area contributed by atoms with Gasteiger partial charge in [0.2, 0.25) is 0 Å². The Bertz CT molecular complexity index is 530. The molecule has 0 aliphatic carbocycles. The van der Waals surface area contributed by atoms with Gasteiger partial charge in [-0.3, -0.25) is 0 Å². The highest BCUT2D eigenvalue weighted by atomic mass is 15.2. The van der Waals surface area contributed by atoms with E-state index in [4.69, 9.17) is 0 Å².